The molecule has 0 aliphatic rings. The lowest BCUT2D eigenvalue weighted by Crippen LogP contribution is -2.03. The number of nitrogens with zero attached hydrogens (tertiary/aromatic N) is 5. The van der Waals surface area contributed by atoms with Gasteiger partial charge in [-0.2, -0.15) is 5.26 Å². The monoisotopic (exact) mass is 665 g/mol. The fourth-order valence-electron chi connectivity index (χ4n) is 7.04. The number of fused-ring (bicyclic) bond motifs is 9. The fourth-order valence-corrected chi connectivity index (χ4v) is 8.30. The van der Waals surface area contributed by atoms with Crippen LogP contribution in [0, 0.1) is 11.3 Å². The van der Waals surface area contributed by atoms with E-state index in [1.54, 1.807) is 24.3 Å². The van der Waals surface area contributed by atoms with E-state index in [-0.39, 0.29) is 9.79 Å². The van der Waals surface area contributed by atoms with Crippen LogP contribution < -0.4 is 0 Å². The summed E-state index contributed by atoms with van der Waals surface area (Å²) in [6, 6.07) is 45.2. The minimum absolute atomic E-state index is 0.124. The van der Waals surface area contributed by atoms with Crippen LogP contribution in [-0.4, -0.2) is 27.5 Å². The normalized spacial score (nSPS) is 12.1. The highest BCUT2D eigenvalue weighted by atomic mass is 32.2. The second-order valence-corrected chi connectivity index (χ2v) is 14.1. The third kappa shape index (κ3) is 4.00. The molecule has 0 aliphatic heterocycles. The summed E-state index contributed by atoms with van der Waals surface area (Å²) in [5.41, 5.74) is 8.34. The largest absolute Gasteiger partial charge is 0.456 e. The first kappa shape index (κ1) is 28.3. The Kier molecular flexibility index (Phi) is 5.86. The molecule has 0 bridgehead atoms. The molecule has 0 aliphatic carbocycles. The highest BCUT2D eigenvalue weighted by Gasteiger charge is 2.24. The second-order valence-electron chi connectivity index (χ2n) is 12.2. The maximum Gasteiger partial charge on any atom is 0.206 e. The molecule has 9 heteroatoms. The zero-order valence-corrected chi connectivity index (χ0v) is 27.0. The average molecular weight is 666 g/mol. The van der Waals surface area contributed by atoms with Gasteiger partial charge in [0.1, 0.15) is 22.2 Å². The molecule has 8 nitrogen and oxygen atoms in total. The number of para-hydroxylation sites is 3. The topological polar surface area (TPSA) is 107 Å². The lowest BCUT2D eigenvalue weighted by atomic mass is 10.1. The Morgan fingerprint density at radius 3 is 1.84 bits per heavy atom. The second kappa shape index (κ2) is 10.4. The molecule has 0 amide bonds. The highest BCUT2D eigenvalue weighted by molar-refractivity contribution is 7.91. The van der Waals surface area contributed by atoms with Gasteiger partial charge in [-0.05, 0) is 84.9 Å². The van der Waals surface area contributed by atoms with Gasteiger partial charge in [-0.1, -0.05) is 54.6 Å². The van der Waals surface area contributed by atoms with Crippen LogP contribution in [0.1, 0.15) is 5.56 Å². The SMILES string of the molecule is N#Cc1ccc(S(=O)(=O)c2ccc(-n3c4cc5c(cc4c4nc6c(nc43)c3ccccc3n6-c3ccccc3)oc3ccccc35)cc2)cc1. The molecular weight excluding hydrogens is 643 g/mol. The van der Waals surface area contributed by atoms with Gasteiger partial charge in [0.15, 0.2) is 11.3 Å². The van der Waals surface area contributed by atoms with Crippen molar-refractivity contribution in [2.45, 2.75) is 9.79 Å². The number of aromatic nitrogens is 4. The Bertz CT molecular complexity index is 3150. The maximum atomic E-state index is 13.6. The highest BCUT2D eigenvalue weighted by Crippen LogP contribution is 2.39. The molecule has 0 N–H and O–H groups in total. The van der Waals surface area contributed by atoms with Gasteiger partial charge in [-0.25, -0.2) is 18.4 Å². The number of hydrogen-bond donors (Lipinski definition) is 0. The van der Waals surface area contributed by atoms with Gasteiger partial charge in [0, 0.05) is 32.9 Å². The van der Waals surface area contributed by atoms with Crippen molar-refractivity contribution in [3.8, 4) is 17.4 Å². The quantitative estimate of drug-likeness (QED) is 0.186. The number of nitriles is 1. The molecule has 0 atom stereocenters. The number of hydrogen-bond acceptors (Lipinski definition) is 6. The van der Waals surface area contributed by atoms with E-state index in [1.807, 2.05) is 71.3 Å². The first-order valence-corrected chi connectivity index (χ1v) is 17.5. The van der Waals surface area contributed by atoms with Crippen molar-refractivity contribution in [3.63, 3.8) is 0 Å². The van der Waals surface area contributed by atoms with Crippen molar-refractivity contribution in [1.29, 1.82) is 5.26 Å². The molecule has 0 radical (unpaired) electrons. The Hall–Kier alpha value is -6.76. The van der Waals surface area contributed by atoms with Gasteiger partial charge in [-0.3, -0.25) is 9.13 Å². The molecule has 0 unspecified atom stereocenters. The van der Waals surface area contributed by atoms with Crippen molar-refractivity contribution in [1.82, 2.24) is 19.1 Å². The minimum atomic E-state index is -3.82. The van der Waals surface area contributed by atoms with E-state index in [2.05, 4.69) is 34.9 Å². The first-order chi connectivity index (χ1) is 24.5. The van der Waals surface area contributed by atoms with Gasteiger partial charge in [-0.15, -0.1) is 0 Å². The molecule has 4 heterocycles. The van der Waals surface area contributed by atoms with E-state index in [4.69, 9.17) is 19.6 Å². The summed E-state index contributed by atoms with van der Waals surface area (Å²) in [7, 11) is -3.82. The molecule has 0 fully saturated rings. The van der Waals surface area contributed by atoms with Crippen molar-refractivity contribution in [2.75, 3.05) is 0 Å². The van der Waals surface area contributed by atoms with Crippen LogP contribution in [0.15, 0.2) is 154 Å². The van der Waals surface area contributed by atoms with Crippen LogP contribution in [0.3, 0.4) is 0 Å². The molecule has 0 saturated heterocycles. The first-order valence-electron chi connectivity index (χ1n) is 16.0. The van der Waals surface area contributed by atoms with Gasteiger partial charge < -0.3 is 4.42 Å². The summed E-state index contributed by atoms with van der Waals surface area (Å²) < 4.78 is 37.6. The molecule has 0 spiro atoms. The van der Waals surface area contributed by atoms with Crippen molar-refractivity contribution in [3.05, 3.63) is 145 Å². The molecule has 10 aromatic rings. The minimum Gasteiger partial charge on any atom is -0.456 e. The van der Waals surface area contributed by atoms with Crippen LogP contribution in [0.25, 0.3) is 77.4 Å². The molecule has 236 valence electrons. The molecule has 4 aromatic heterocycles. The smallest absolute Gasteiger partial charge is 0.206 e. The van der Waals surface area contributed by atoms with Crippen molar-refractivity contribution in [2.24, 2.45) is 0 Å². The molecule has 50 heavy (non-hydrogen) atoms. The van der Waals surface area contributed by atoms with E-state index >= 15 is 0 Å². The standard InChI is InChI=1S/C41H23N5O3S/c42-24-25-14-18-28(19-15-25)50(47,48)29-20-16-27(17-21-29)46-35-22-32-30-10-5-7-13-36(30)49-37(32)23-33(35)39-41(46)43-38-31-11-4-6-12-34(31)45(40(38)44-39)26-8-2-1-3-9-26/h1-23H. The lowest BCUT2D eigenvalue weighted by Gasteiger charge is -2.10. The molecular formula is C41H23N5O3S. The summed E-state index contributed by atoms with van der Waals surface area (Å²) >= 11 is 0. The van der Waals surface area contributed by atoms with E-state index < -0.39 is 9.84 Å². The van der Waals surface area contributed by atoms with Gasteiger partial charge in [0.25, 0.3) is 0 Å². The lowest BCUT2D eigenvalue weighted by molar-refractivity contribution is 0.596. The summed E-state index contributed by atoms with van der Waals surface area (Å²) in [5.74, 6) is 0. The number of rotatable bonds is 4. The molecule has 6 aromatic carbocycles. The van der Waals surface area contributed by atoms with Crippen LogP contribution in [0.4, 0.5) is 0 Å². The molecule has 10 rings (SSSR count). The third-order valence-corrected chi connectivity index (χ3v) is 11.2. The van der Waals surface area contributed by atoms with E-state index in [1.165, 1.54) is 24.3 Å². The summed E-state index contributed by atoms with van der Waals surface area (Å²) in [6.07, 6.45) is 0. The predicted octanol–water partition coefficient (Wildman–Crippen LogP) is 9.27. The zero-order valence-electron chi connectivity index (χ0n) is 26.1. The maximum absolute atomic E-state index is 13.6. The summed E-state index contributed by atoms with van der Waals surface area (Å²) in [5, 5.41) is 13.0. The van der Waals surface area contributed by atoms with Gasteiger partial charge in [0.05, 0.1) is 32.5 Å². The average Bonchev–Trinajstić information content (AvgIpc) is 3.80. The van der Waals surface area contributed by atoms with Crippen molar-refractivity contribution < 1.29 is 12.8 Å². The third-order valence-electron chi connectivity index (χ3n) is 9.39. The van der Waals surface area contributed by atoms with Crippen molar-refractivity contribution >= 4 is 75.9 Å². The Morgan fingerprint density at radius 1 is 0.540 bits per heavy atom. The Morgan fingerprint density at radius 2 is 1.12 bits per heavy atom. The fraction of sp³-hybridized carbons (Fsp3) is 0. The summed E-state index contributed by atoms with van der Waals surface area (Å²) in [6.45, 7) is 0. The van der Waals surface area contributed by atoms with Crippen LogP contribution in [-0.2, 0) is 9.84 Å². The van der Waals surface area contributed by atoms with Crippen LogP contribution in [0.5, 0.6) is 0 Å². The van der Waals surface area contributed by atoms with Crippen LogP contribution in [0.2, 0.25) is 0 Å². The summed E-state index contributed by atoms with van der Waals surface area (Å²) in [4.78, 5) is 11.0. The van der Waals surface area contributed by atoms with Gasteiger partial charge in [0.2, 0.25) is 9.84 Å². The number of benzene rings is 6. The number of furan rings is 1. The Balaban J connectivity index is 1.27. The van der Waals surface area contributed by atoms with Gasteiger partial charge >= 0.3 is 0 Å². The van der Waals surface area contributed by atoms with E-state index in [0.29, 0.717) is 16.7 Å². The van der Waals surface area contributed by atoms with E-state index in [9.17, 15) is 8.42 Å². The number of sulfone groups is 1. The predicted molar refractivity (Wildman–Crippen MR) is 195 cm³/mol. The molecule has 0 saturated carbocycles. The van der Waals surface area contributed by atoms with Crippen LogP contribution >= 0.6 is 0 Å². The Labute approximate surface area is 284 Å². The van der Waals surface area contributed by atoms with E-state index in [0.717, 1.165) is 66.3 Å². The zero-order chi connectivity index (χ0) is 33.6.